The highest BCUT2D eigenvalue weighted by atomic mass is 16.5. The van der Waals surface area contributed by atoms with Crippen molar-refractivity contribution in [2.75, 3.05) is 13.7 Å². The van der Waals surface area contributed by atoms with Crippen LogP contribution in [0.15, 0.2) is 12.3 Å². The van der Waals surface area contributed by atoms with Crippen LogP contribution in [0, 0.1) is 6.92 Å². The minimum atomic E-state index is -0.279. The lowest BCUT2D eigenvalue weighted by molar-refractivity contribution is -0.142. The minimum Gasteiger partial charge on any atom is -0.481 e. The summed E-state index contributed by atoms with van der Waals surface area (Å²) in [5, 5.41) is 0. The first-order chi connectivity index (χ1) is 8.63. The quantitative estimate of drug-likeness (QED) is 0.760. The third kappa shape index (κ3) is 2.42. The number of rotatable bonds is 4. The number of imidazole rings is 1. The van der Waals surface area contributed by atoms with Gasteiger partial charge in [-0.05, 0) is 13.8 Å². The second kappa shape index (κ2) is 5.03. The maximum Gasteiger partial charge on any atom is 0.311 e. The first-order valence-electron chi connectivity index (χ1n) is 5.69. The van der Waals surface area contributed by atoms with Crippen LogP contribution in [0.3, 0.4) is 0 Å². The molecule has 2 aromatic rings. The zero-order chi connectivity index (χ0) is 13.1. The highest BCUT2D eigenvalue weighted by Gasteiger charge is 2.10. The Morgan fingerprint density at radius 3 is 2.89 bits per heavy atom. The van der Waals surface area contributed by atoms with E-state index in [9.17, 15) is 4.79 Å². The van der Waals surface area contributed by atoms with E-state index in [1.54, 1.807) is 26.3 Å². The van der Waals surface area contributed by atoms with Crippen molar-refractivity contribution >= 4 is 11.6 Å². The molecule has 0 bridgehead atoms. The van der Waals surface area contributed by atoms with Crippen LogP contribution in [0.25, 0.3) is 5.65 Å². The standard InChI is InChI=1S/C12H15N3O3/c1-4-18-12(16)5-9-7-15-8(2)13-11(17-3)6-10(15)14-9/h6-7H,4-5H2,1-3H3. The number of carbonyl (C=O) groups excluding carboxylic acids is 1. The fourth-order valence-electron chi connectivity index (χ4n) is 1.71. The Labute approximate surface area is 105 Å². The van der Waals surface area contributed by atoms with Crippen molar-refractivity contribution in [2.45, 2.75) is 20.3 Å². The molecule has 96 valence electrons. The molecule has 6 heteroatoms. The molecular formula is C12H15N3O3. The molecule has 0 saturated carbocycles. The Balaban J connectivity index is 2.32. The molecule has 0 aromatic carbocycles. The molecule has 0 aliphatic heterocycles. The first-order valence-corrected chi connectivity index (χ1v) is 5.69. The van der Waals surface area contributed by atoms with Crippen LogP contribution >= 0.6 is 0 Å². The van der Waals surface area contributed by atoms with Crippen molar-refractivity contribution in [3.8, 4) is 5.88 Å². The molecule has 0 amide bonds. The van der Waals surface area contributed by atoms with Gasteiger partial charge in [-0.15, -0.1) is 0 Å². The van der Waals surface area contributed by atoms with Crippen molar-refractivity contribution in [1.29, 1.82) is 0 Å². The molecule has 2 aromatic heterocycles. The van der Waals surface area contributed by atoms with Crippen LogP contribution in [0.4, 0.5) is 0 Å². The van der Waals surface area contributed by atoms with Crippen molar-refractivity contribution in [3.63, 3.8) is 0 Å². The van der Waals surface area contributed by atoms with Crippen LogP contribution in [-0.2, 0) is 16.0 Å². The van der Waals surface area contributed by atoms with Crippen molar-refractivity contribution in [1.82, 2.24) is 14.4 Å². The zero-order valence-electron chi connectivity index (χ0n) is 10.6. The predicted molar refractivity (Wildman–Crippen MR) is 64.6 cm³/mol. The van der Waals surface area contributed by atoms with Gasteiger partial charge >= 0.3 is 5.97 Å². The van der Waals surface area contributed by atoms with Crippen molar-refractivity contribution in [2.24, 2.45) is 0 Å². The Bertz CT molecular complexity index is 577. The zero-order valence-corrected chi connectivity index (χ0v) is 10.6. The Hall–Kier alpha value is -2.11. The summed E-state index contributed by atoms with van der Waals surface area (Å²) >= 11 is 0. The summed E-state index contributed by atoms with van der Waals surface area (Å²) in [7, 11) is 1.56. The van der Waals surface area contributed by atoms with Gasteiger partial charge in [0.15, 0.2) is 0 Å². The smallest absolute Gasteiger partial charge is 0.311 e. The second-order valence-electron chi connectivity index (χ2n) is 3.79. The highest BCUT2D eigenvalue weighted by molar-refractivity contribution is 5.72. The molecule has 0 aliphatic carbocycles. The molecule has 0 N–H and O–H groups in total. The average Bonchev–Trinajstić information content (AvgIpc) is 2.72. The number of hydrogen-bond acceptors (Lipinski definition) is 5. The Morgan fingerprint density at radius 2 is 2.22 bits per heavy atom. The van der Waals surface area contributed by atoms with Gasteiger partial charge in [0.25, 0.3) is 0 Å². The molecule has 0 aliphatic rings. The van der Waals surface area contributed by atoms with Gasteiger partial charge in [-0.25, -0.2) is 9.97 Å². The van der Waals surface area contributed by atoms with Gasteiger partial charge in [0.1, 0.15) is 11.5 Å². The fourth-order valence-corrected chi connectivity index (χ4v) is 1.71. The lowest BCUT2D eigenvalue weighted by Crippen LogP contribution is -2.07. The van der Waals surface area contributed by atoms with Gasteiger partial charge in [-0.2, -0.15) is 0 Å². The molecule has 6 nitrogen and oxygen atoms in total. The van der Waals surface area contributed by atoms with E-state index in [1.165, 1.54) is 0 Å². The normalized spacial score (nSPS) is 10.6. The molecule has 18 heavy (non-hydrogen) atoms. The number of methoxy groups -OCH3 is 1. The number of ether oxygens (including phenoxy) is 2. The molecular weight excluding hydrogens is 234 g/mol. The van der Waals surface area contributed by atoms with Crippen LogP contribution < -0.4 is 4.74 Å². The summed E-state index contributed by atoms with van der Waals surface area (Å²) in [4.78, 5) is 20.0. The van der Waals surface area contributed by atoms with E-state index in [4.69, 9.17) is 9.47 Å². The predicted octanol–water partition coefficient (Wildman–Crippen LogP) is 1.15. The number of esters is 1. The monoisotopic (exact) mass is 249 g/mol. The summed E-state index contributed by atoms with van der Waals surface area (Å²) in [5.41, 5.74) is 1.37. The van der Waals surface area contributed by atoms with Gasteiger partial charge in [0, 0.05) is 12.3 Å². The number of hydrogen-bond donors (Lipinski definition) is 0. The van der Waals surface area contributed by atoms with E-state index >= 15 is 0 Å². The SMILES string of the molecule is CCOC(=O)Cc1cn2c(C)nc(OC)cc2n1. The number of carbonyl (C=O) groups is 1. The first kappa shape index (κ1) is 12.3. The second-order valence-corrected chi connectivity index (χ2v) is 3.79. The minimum absolute atomic E-state index is 0.164. The van der Waals surface area contributed by atoms with E-state index in [-0.39, 0.29) is 12.4 Å². The van der Waals surface area contributed by atoms with Gasteiger partial charge < -0.3 is 9.47 Å². The van der Waals surface area contributed by atoms with E-state index in [1.807, 2.05) is 11.3 Å². The number of aryl methyl sites for hydroxylation is 1. The van der Waals surface area contributed by atoms with E-state index < -0.39 is 0 Å². The molecule has 0 radical (unpaired) electrons. The molecule has 0 fully saturated rings. The van der Waals surface area contributed by atoms with Crippen LogP contribution in [0.5, 0.6) is 5.88 Å². The van der Waals surface area contributed by atoms with Crippen LogP contribution in [0.2, 0.25) is 0 Å². The van der Waals surface area contributed by atoms with E-state index in [0.29, 0.717) is 23.8 Å². The summed E-state index contributed by atoms with van der Waals surface area (Å²) in [6.45, 7) is 4.01. The molecule has 0 spiro atoms. The lowest BCUT2D eigenvalue weighted by atomic mass is 10.3. The fraction of sp³-hybridized carbons (Fsp3) is 0.417. The maximum absolute atomic E-state index is 11.4. The van der Waals surface area contributed by atoms with Gasteiger partial charge in [0.05, 0.1) is 25.8 Å². The van der Waals surface area contributed by atoms with Gasteiger partial charge in [-0.3, -0.25) is 9.20 Å². The van der Waals surface area contributed by atoms with E-state index in [2.05, 4.69) is 9.97 Å². The average molecular weight is 249 g/mol. The summed E-state index contributed by atoms with van der Waals surface area (Å²) in [6.07, 6.45) is 1.95. The summed E-state index contributed by atoms with van der Waals surface area (Å²) < 4.78 is 11.8. The lowest BCUT2D eigenvalue weighted by Gasteiger charge is -2.01. The van der Waals surface area contributed by atoms with Gasteiger partial charge in [-0.1, -0.05) is 0 Å². The van der Waals surface area contributed by atoms with Crippen molar-refractivity contribution < 1.29 is 14.3 Å². The molecule has 2 heterocycles. The van der Waals surface area contributed by atoms with Crippen LogP contribution in [0.1, 0.15) is 18.4 Å². The number of nitrogens with zero attached hydrogens (tertiary/aromatic N) is 3. The van der Waals surface area contributed by atoms with Crippen LogP contribution in [-0.4, -0.2) is 34.1 Å². The largest absolute Gasteiger partial charge is 0.481 e. The molecule has 2 rings (SSSR count). The summed E-state index contributed by atoms with van der Waals surface area (Å²) in [6, 6.07) is 1.72. The molecule has 0 unspecified atom stereocenters. The Morgan fingerprint density at radius 1 is 1.44 bits per heavy atom. The van der Waals surface area contributed by atoms with Crippen molar-refractivity contribution in [3.05, 3.63) is 23.8 Å². The summed E-state index contributed by atoms with van der Waals surface area (Å²) in [5.74, 6) is 0.985. The number of aromatic nitrogens is 3. The molecule has 0 atom stereocenters. The number of fused-ring (bicyclic) bond motifs is 1. The Kier molecular flexibility index (Phi) is 3.45. The molecule has 0 saturated heterocycles. The third-order valence-electron chi connectivity index (χ3n) is 2.50. The third-order valence-corrected chi connectivity index (χ3v) is 2.50. The highest BCUT2D eigenvalue weighted by Crippen LogP contribution is 2.14. The van der Waals surface area contributed by atoms with E-state index in [0.717, 1.165) is 5.82 Å². The van der Waals surface area contributed by atoms with Gasteiger partial charge in [0.2, 0.25) is 5.88 Å². The maximum atomic E-state index is 11.4. The topological polar surface area (TPSA) is 65.7 Å².